The lowest BCUT2D eigenvalue weighted by Gasteiger charge is -2.09. The van der Waals surface area contributed by atoms with Gasteiger partial charge in [-0.2, -0.15) is 0 Å². The summed E-state index contributed by atoms with van der Waals surface area (Å²) in [6, 6.07) is 12.0. The zero-order valence-electron chi connectivity index (χ0n) is 10.9. The largest absolute Gasteiger partial charge is 0.493 e. The zero-order valence-corrected chi connectivity index (χ0v) is 10.9. The Morgan fingerprint density at radius 3 is 2.26 bits per heavy atom. The van der Waals surface area contributed by atoms with Gasteiger partial charge in [0, 0.05) is 5.56 Å². The Balaban J connectivity index is 2.30. The third-order valence-electron chi connectivity index (χ3n) is 2.76. The number of halogens is 1. The summed E-state index contributed by atoms with van der Waals surface area (Å²) in [5.41, 5.74) is 1.83. The lowest BCUT2D eigenvalue weighted by molar-refractivity contribution is 0.354. The monoisotopic (exact) mass is 258 g/mol. The van der Waals surface area contributed by atoms with E-state index in [4.69, 9.17) is 9.47 Å². The highest BCUT2D eigenvalue weighted by atomic mass is 19.1. The maximum absolute atomic E-state index is 12.8. The maximum atomic E-state index is 12.8. The van der Waals surface area contributed by atoms with Gasteiger partial charge in [-0.15, -0.1) is 0 Å². The van der Waals surface area contributed by atoms with E-state index in [1.54, 1.807) is 26.4 Å². The molecule has 0 saturated carbocycles. The Labute approximate surface area is 112 Å². The van der Waals surface area contributed by atoms with Crippen LogP contribution in [0.1, 0.15) is 11.1 Å². The summed E-state index contributed by atoms with van der Waals surface area (Å²) in [7, 11) is 3.21. The number of hydrogen-bond donors (Lipinski definition) is 0. The average molecular weight is 258 g/mol. The van der Waals surface area contributed by atoms with Crippen LogP contribution in [0.15, 0.2) is 42.5 Å². The smallest absolute Gasteiger partial charge is 0.167 e. The molecule has 0 radical (unpaired) electrons. The maximum Gasteiger partial charge on any atom is 0.167 e. The first-order valence-corrected chi connectivity index (χ1v) is 5.89. The Morgan fingerprint density at radius 2 is 1.63 bits per heavy atom. The summed E-state index contributed by atoms with van der Waals surface area (Å²) in [6.07, 6.45) is 3.81. The SMILES string of the molecule is COc1cccc(/C=C/c2ccc(F)cc2)c1OC. The van der Waals surface area contributed by atoms with Crippen LogP contribution in [0.3, 0.4) is 0 Å². The van der Waals surface area contributed by atoms with E-state index in [9.17, 15) is 4.39 Å². The molecule has 0 spiro atoms. The van der Waals surface area contributed by atoms with Crippen LogP contribution < -0.4 is 9.47 Å². The van der Waals surface area contributed by atoms with Crippen LogP contribution >= 0.6 is 0 Å². The molecule has 98 valence electrons. The number of para-hydroxylation sites is 1. The summed E-state index contributed by atoms with van der Waals surface area (Å²) in [5, 5.41) is 0. The van der Waals surface area contributed by atoms with Gasteiger partial charge in [-0.1, -0.05) is 36.4 Å². The molecule has 0 aliphatic heterocycles. The number of benzene rings is 2. The molecule has 0 heterocycles. The van der Waals surface area contributed by atoms with Crippen molar-refractivity contribution in [3.05, 3.63) is 59.4 Å². The summed E-state index contributed by atoms with van der Waals surface area (Å²) in [4.78, 5) is 0. The van der Waals surface area contributed by atoms with Gasteiger partial charge in [-0.3, -0.25) is 0 Å². The van der Waals surface area contributed by atoms with Crippen molar-refractivity contribution in [3.8, 4) is 11.5 Å². The molecule has 0 aromatic heterocycles. The normalized spacial score (nSPS) is 10.7. The molecule has 2 aromatic carbocycles. The van der Waals surface area contributed by atoms with Crippen LogP contribution in [0.25, 0.3) is 12.2 Å². The average Bonchev–Trinajstić information content (AvgIpc) is 2.46. The van der Waals surface area contributed by atoms with E-state index >= 15 is 0 Å². The van der Waals surface area contributed by atoms with E-state index in [2.05, 4.69) is 0 Å². The molecule has 0 fully saturated rings. The molecule has 0 saturated heterocycles. The van der Waals surface area contributed by atoms with Gasteiger partial charge in [0.05, 0.1) is 14.2 Å². The standard InChI is InChI=1S/C16H15FO2/c1-18-15-5-3-4-13(16(15)19-2)9-6-12-7-10-14(17)11-8-12/h3-11H,1-2H3/b9-6+. The van der Waals surface area contributed by atoms with Crippen LogP contribution in [-0.2, 0) is 0 Å². The second-order valence-electron chi connectivity index (χ2n) is 3.97. The van der Waals surface area contributed by atoms with Crippen LogP contribution in [0.4, 0.5) is 4.39 Å². The molecular formula is C16H15FO2. The Hall–Kier alpha value is -2.29. The number of methoxy groups -OCH3 is 2. The minimum Gasteiger partial charge on any atom is -0.493 e. The topological polar surface area (TPSA) is 18.5 Å². The molecule has 0 aliphatic rings. The molecule has 0 aliphatic carbocycles. The van der Waals surface area contributed by atoms with Crippen molar-refractivity contribution in [1.82, 2.24) is 0 Å². The van der Waals surface area contributed by atoms with Crippen molar-refractivity contribution in [3.63, 3.8) is 0 Å². The summed E-state index contributed by atoms with van der Waals surface area (Å²) < 4.78 is 23.4. The van der Waals surface area contributed by atoms with E-state index in [0.29, 0.717) is 11.5 Å². The van der Waals surface area contributed by atoms with Gasteiger partial charge in [0.15, 0.2) is 11.5 Å². The number of ether oxygens (including phenoxy) is 2. The number of hydrogen-bond acceptors (Lipinski definition) is 2. The molecule has 0 amide bonds. The summed E-state index contributed by atoms with van der Waals surface area (Å²) >= 11 is 0. The second-order valence-corrected chi connectivity index (χ2v) is 3.97. The van der Waals surface area contributed by atoms with Crippen LogP contribution in [0.5, 0.6) is 11.5 Å². The van der Waals surface area contributed by atoms with E-state index in [-0.39, 0.29) is 5.82 Å². The fourth-order valence-corrected chi connectivity index (χ4v) is 1.80. The third kappa shape index (κ3) is 3.13. The highest BCUT2D eigenvalue weighted by Gasteiger charge is 2.06. The molecule has 0 N–H and O–H groups in total. The quantitative estimate of drug-likeness (QED) is 0.771. The molecule has 2 aromatic rings. The second kappa shape index (κ2) is 6.05. The van der Waals surface area contributed by atoms with E-state index in [1.807, 2.05) is 30.4 Å². The highest BCUT2D eigenvalue weighted by Crippen LogP contribution is 2.31. The molecule has 0 atom stereocenters. The van der Waals surface area contributed by atoms with Crippen LogP contribution in [0.2, 0.25) is 0 Å². The predicted molar refractivity (Wildman–Crippen MR) is 74.9 cm³/mol. The lowest BCUT2D eigenvalue weighted by Crippen LogP contribution is -1.92. The summed E-state index contributed by atoms with van der Waals surface area (Å²) in [6.45, 7) is 0. The fourth-order valence-electron chi connectivity index (χ4n) is 1.80. The molecule has 2 rings (SSSR count). The first-order chi connectivity index (χ1) is 9.24. The van der Waals surface area contributed by atoms with Crippen molar-refractivity contribution < 1.29 is 13.9 Å². The van der Waals surface area contributed by atoms with Gasteiger partial charge < -0.3 is 9.47 Å². The molecule has 2 nitrogen and oxygen atoms in total. The van der Waals surface area contributed by atoms with E-state index < -0.39 is 0 Å². The van der Waals surface area contributed by atoms with Gasteiger partial charge in [0.1, 0.15) is 5.82 Å². The minimum atomic E-state index is -0.240. The Kier molecular flexibility index (Phi) is 4.18. The molecule has 19 heavy (non-hydrogen) atoms. The van der Waals surface area contributed by atoms with Gasteiger partial charge in [0.2, 0.25) is 0 Å². The van der Waals surface area contributed by atoms with Gasteiger partial charge >= 0.3 is 0 Å². The molecule has 3 heteroatoms. The number of rotatable bonds is 4. The van der Waals surface area contributed by atoms with Crippen LogP contribution in [-0.4, -0.2) is 14.2 Å². The minimum absolute atomic E-state index is 0.240. The predicted octanol–water partition coefficient (Wildman–Crippen LogP) is 4.01. The Bertz CT molecular complexity index is 574. The van der Waals surface area contributed by atoms with E-state index in [1.165, 1.54) is 12.1 Å². The first kappa shape index (κ1) is 13.1. The molecule has 0 unspecified atom stereocenters. The van der Waals surface area contributed by atoms with Crippen molar-refractivity contribution >= 4 is 12.2 Å². The van der Waals surface area contributed by atoms with Gasteiger partial charge in [-0.25, -0.2) is 4.39 Å². The van der Waals surface area contributed by atoms with E-state index in [0.717, 1.165) is 11.1 Å². The lowest BCUT2D eigenvalue weighted by atomic mass is 10.1. The van der Waals surface area contributed by atoms with Gasteiger partial charge in [-0.05, 0) is 23.8 Å². The van der Waals surface area contributed by atoms with Crippen molar-refractivity contribution in [2.75, 3.05) is 14.2 Å². The fraction of sp³-hybridized carbons (Fsp3) is 0.125. The molecule has 0 bridgehead atoms. The van der Waals surface area contributed by atoms with Gasteiger partial charge in [0.25, 0.3) is 0 Å². The van der Waals surface area contributed by atoms with Crippen LogP contribution in [0, 0.1) is 5.82 Å². The molecular weight excluding hydrogens is 243 g/mol. The third-order valence-corrected chi connectivity index (χ3v) is 2.76. The Morgan fingerprint density at radius 1 is 0.895 bits per heavy atom. The first-order valence-electron chi connectivity index (χ1n) is 5.89. The summed E-state index contributed by atoms with van der Waals surface area (Å²) in [5.74, 6) is 1.13. The zero-order chi connectivity index (χ0) is 13.7. The van der Waals surface area contributed by atoms with Crippen molar-refractivity contribution in [1.29, 1.82) is 0 Å². The van der Waals surface area contributed by atoms with Crippen molar-refractivity contribution in [2.24, 2.45) is 0 Å². The highest BCUT2D eigenvalue weighted by molar-refractivity contribution is 5.74. The van der Waals surface area contributed by atoms with Crippen molar-refractivity contribution in [2.45, 2.75) is 0 Å².